The minimum Gasteiger partial charge on any atom is -0.488 e. The molecule has 1 fully saturated rings. The molecule has 1 heterocycles. The highest BCUT2D eigenvalue weighted by atomic mass is 127. The largest absolute Gasteiger partial charge is 0.488 e. The average Bonchev–Trinajstić information content (AvgIpc) is 2.80. The molecule has 1 aliphatic carbocycles. The number of aromatic nitrogens is 1. The monoisotopic (exact) mass is 295 g/mol. The van der Waals surface area contributed by atoms with E-state index in [0.29, 0.717) is 11.1 Å². The van der Waals surface area contributed by atoms with Crippen LogP contribution in [-0.4, -0.2) is 11.1 Å². The minimum atomic E-state index is 0.387. The molecule has 0 unspecified atom stereocenters. The van der Waals surface area contributed by atoms with Gasteiger partial charge in [-0.15, -0.1) is 0 Å². The lowest BCUT2D eigenvalue weighted by Gasteiger charge is -2.07. The van der Waals surface area contributed by atoms with Crippen LogP contribution in [0, 0.1) is 3.57 Å². The van der Waals surface area contributed by atoms with Gasteiger partial charge in [-0.3, -0.25) is 4.98 Å². The van der Waals surface area contributed by atoms with Crippen LogP contribution < -0.4 is 4.74 Å². The van der Waals surface area contributed by atoms with Crippen LogP contribution in [0.4, 0.5) is 0 Å². The highest BCUT2D eigenvalue weighted by Gasteiger charge is 2.25. The Morgan fingerprint density at radius 2 is 2.25 bits per heavy atom. The number of ether oxygens (including phenoxy) is 1. The highest BCUT2D eigenvalue weighted by molar-refractivity contribution is 14.1. The van der Waals surface area contributed by atoms with Crippen molar-refractivity contribution in [1.29, 1.82) is 0 Å². The molecule has 2 nitrogen and oxygen atoms in total. The van der Waals surface area contributed by atoms with E-state index in [-0.39, 0.29) is 0 Å². The van der Waals surface area contributed by atoms with E-state index in [4.69, 9.17) is 16.3 Å². The van der Waals surface area contributed by atoms with E-state index < -0.39 is 0 Å². The first-order valence-corrected chi connectivity index (χ1v) is 5.18. The van der Waals surface area contributed by atoms with E-state index in [1.807, 2.05) is 0 Å². The summed E-state index contributed by atoms with van der Waals surface area (Å²) in [6.45, 7) is 0. The van der Waals surface area contributed by atoms with Crippen LogP contribution in [-0.2, 0) is 0 Å². The molecule has 64 valence electrons. The summed E-state index contributed by atoms with van der Waals surface area (Å²) < 4.78 is 6.59. The predicted molar refractivity (Wildman–Crippen MR) is 55.6 cm³/mol. The van der Waals surface area contributed by atoms with Crippen molar-refractivity contribution in [3.63, 3.8) is 0 Å². The van der Waals surface area contributed by atoms with Gasteiger partial charge in [0.05, 0.1) is 9.67 Å². The Morgan fingerprint density at radius 1 is 1.50 bits per heavy atom. The van der Waals surface area contributed by atoms with Gasteiger partial charge in [0.25, 0.3) is 0 Å². The second-order valence-electron chi connectivity index (χ2n) is 2.75. The topological polar surface area (TPSA) is 22.1 Å². The third-order valence-corrected chi connectivity index (χ3v) is 2.66. The molecule has 0 aliphatic heterocycles. The van der Waals surface area contributed by atoms with Gasteiger partial charge in [0.2, 0.25) is 0 Å². The Kier molecular flexibility index (Phi) is 2.41. The van der Waals surface area contributed by atoms with Gasteiger partial charge in [0.15, 0.2) is 5.75 Å². The zero-order chi connectivity index (χ0) is 8.55. The average molecular weight is 296 g/mol. The quantitative estimate of drug-likeness (QED) is 0.783. The summed E-state index contributed by atoms with van der Waals surface area (Å²) in [6.07, 6.45) is 6.05. The molecule has 0 atom stereocenters. The molecule has 2 rings (SSSR count). The number of rotatable bonds is 2. The molecule has 0 radical (unpaired) electrons. The molecule has 0 saturated heterocycles. The Hall–Kier alpha value is -0.0300. The molecule has 0 N–H and O–H groups in total. The predicted octanol–water partition coefficient (Wildman–Crippen LogP) is 2.88. The lowest BCUT2D eigenvalue weighted by molar-refractivity contribution is 0.301. The Labute approximate surface area is 89.4 Å². The van der Waals surface area contributed by atoms with Gasteiger partial charge in [-0.2, -0.15) is 0 Å². The summed E-state index contributed by atoms with van der Waals surface area (Å²) in [5.74, 6) is 0.787. The second-order valence-corrected chi connectivity index (χ2v) is 4.32. The van der Waals surface area contributed by atoms with Gasteiger partial charge >= 0.3 is 0 Å². The summed E-state index contributed by atoms with van der Waals surface area (Å²) >= 11 is 8.08. The molecule has 1 aromatic rings. The molecule has 0 spiro atoms. The maximum atomic E-state index is 5.91. The van der Waals surface area contributed by atoms with Gasteiger partial charge in [-0.1, -0.05) is 11.6 Å². The molecule has 12 heavy (non-hydrogen) atoms. The number of halogens is 2. The van der Waals surface area contributed by atoms with Gasteiger partial charge in [0.1, 0.15) is 5.02 Å². The van der Waals surface area contributed by atoms with Crippen molar-refractivity contribution in [2.75, 3.05) is 0 Å². The highest BCUT2D eigenvalue weighted by Crippen LogP contribution is 2.34. The molecular formula is C8H7ClINO. The van der Waals surface area contributed by atoms with E-state index in [1.54, 1.807) is 12.4 Å². The smallest absolute Gasteiger partial charge is 0.154 e. The Bertz CT molecular complexity index is 281. The normalized spacial score (nSPS) is 16.2. The van der Waals surface area contributed by atoms with Crippen molar-refractivity contribution in [3.8, 4) is 5.75 Å². The standard InChI is InChI=1S/C8H7ClINO/c9-6-3-11-4-7(10)8(6)12-5-1-2-5/h3-5H,1-2H2. The van der Waals surface area contributed by atoms with Crippen LogP contribution in [0.25, 0.3) is 0 Å². The fraction of sp³-hybridized carbons (Fsp3) is 0.375. The summed E-state index contributed by atoms with van der Waals surface area (Å²) in [5.41, 5.74) is 0. The van der Waals surface area contributed by atoms with Gasteiger partial charge < -0.3 is 4.74 Å². The minimum absolute atomic E-state index is 0.387. The number of nitrogens with zero attached hydrogens (tertiary/aromatic N) is 1. The van der Waals surface area contributed by atoms with Gasteiger partial charge in [0, 0.05) is 12.4 Å². The van der Waals surface area contributed by atoms with Crippen molar-refractivity contribution in [2.24, 2.45) is 0 Å². The molecule has 0 amide bonds. The molecule has 0 aromatic carbocycles. The van der Waals surface area contributed by atoms with E-state index in [9.17, 15) is 0 Å². The molecular weight excluding hydrogens is 288 g/mol. The van der Waals surface area contributed by atoms with Crippen molar-refractivity contribution in [2.45, 2.75) is 18.9 Å². The van der Waals surface area contributed by atoms with Gasteiger partial charge in [-0.05, 0) is 35.4 Å². The first kappa shape index (κ1) is 8.56. The Morgan fingerprint density at radius 3 is 2.83 bits per heavy atom. The van der Waals surface area contributed by atoms with E-state index >= 15 is 0 Å². The number of pyridine rings is 1. The van der Waals surface area contributed by atoms with Crippen LogP contribution in [0.5, 0.6) is 5.75 Å². The maximum absolute atomic E-state index is 5.91. The summed E-state index contributed by atoms with van der Waals surface area (Å²) in [4.78, 5) is 3.95. The number of hydrogen-bond acceptors (Lipinski definition) is 2. The second kappa shape index (κ2) is 3.38. The lowest BCUT2D eigenvalue weighted by atomic mass is 10.4. The van der Waals surface area contributed by atoms with E-state index in [0.717, 1.165) is 22.2 Å². The lowest BCUT2D eigenvalue weighted by Crippen LogP contribution is -1.98. The molecule has 1 aliphatic rings. The van der Waals surface area contributed by atoms with E-state index in [1.165, 1.54) is 0 Å². The van der Waals surface area contributed by atoms with Crippen molar-refractivity contribution >= 4 is 34.2 Å². The van der Waals surface area contributed by atoms with Gasteiger partial charge in [-0.25, -0.2) is 0 Å². The molecule has 1 aromatic heterocycles. The third-order valence-electron chi connectivity index (χ3n) is 1.62. The summed E-state index contributed by atoms with van der Waals surface area (Å²) in [7, 11) is 0. The number of hydrogen-bond donors (Lipinski definition) is 0. The van der Waals surface area contributed by atoms with Crippen molar-refractivity contribution in [3.05, 3.63) is 21.0 Å². The first-order valence-electron chi connectivity index (χ1n) is 3.73. The fourth-order valence-corrected chi connectivity index (χ4v) is 1.81. The zero-order valence-electron chi connectivity index (χ0n) is 6.26. The van der Waals surface area contributed by atoms with Crippen molar-refractivity contribution in [1.82, 2.24) is 4.98 Å². The van der Waals surface area contributed by atoms with Crippen LogP contribution in [0.1, 0.15) is 12.8 Å². The molecule has 4 heteroatoms. The summed E-state index contributed by atoms with van der Waals surface area (Å²) in [5, 5.41) is 0.605. The molecule has 1 saturated carbocycles. The fourth-order valence-electron chi connectivity index (χ4n) is 0.865. The van der Waals surface area contributed by atoms with Crippen LogP contribution in [0.3, 0.4) is 0 Å². The summed E-state index contributed by atoms with van der Waals surface area (Å²) in [6, 6.07) is 0. The third kappa shape index (κ3) is 1.82. The zero-order valence-corrected chi connectivity index (χ0v) is 9.17. The van der Waals surface area contributed by atoms with Crippen LogP contribution >= 0.6 is 34.2 Å². The maximum Gasteiger partial charge on any atom is 0.154 e. The SMILES string of the molecule is Clc1cncc(I)c1OC1CC1. The Balaban J connectivity index is 2.26. The van der Waals surface area contributed by atoms with Crippen LogP contribution in [0.15, 0.2) is 12.4 Å². The molecule has 0 bridgehead atoms. The van der Waals surface area contributed by atoms with Crippen LogP contribution in [0.2, 0.25) is 5.02 Å². The van der Waals surface area contributed by atoms with Crippen molar-refractivity contribution < 1.29 is 4.74 Å². The van der Waals surface area contributed by atoms with E-state index in [2.05, 4.69) is 27.6 Å². The first-order chi connectivity index (χ1) is 5.77.